The van der Waals surface area contributed by atoms with Gasteiger partial charge in [0.15, 0.2) is 11.5 Å². The summed E-state index contributed by atoms with van der Waals surface area (Å²) in [6.45, 7) is 2.35. The van der Waals surface area contributed by atoms with Crippen molar-refractivity contribution >= 4 is 23.5 Å². The Morgan fingerprint density at radius 3 is 2.75 bits per heavy atom. The summed E-state index contributed by atoms with van der Waals surface area (Å²) in [4.78, 5) is 16.2. The maximum absolute atomic E-state index is 11.9. The molecule has 6 nitrogen and oxygen atoms in total. The summed E-state index contributed by atoms with van der Waals surface area (Å²) in [5, 5.41) is 6.69. The monoisotopic (exact) mass is 395 g/mol. The average molecular weight is 395 g/mol. The number of nitrogens with zero attached hydrogens (tertiary/aromatic N) is 2. The van der Waals surface area contributed by atoms with Crippen LogP contribution in [0.1, 0.15) is 21.8 Å². The summed E-state index contributed by atoms with van der Waals surface area (Å²) >= 11 is 1.46. The largest absolute Gasteiger partial charge is 0.493 e. The fourth-order valence-corrected chi connectivity index (χ4v) is 3.23. The Morgan fingerprint density at radius 2 is 2.04 bits per heavy atom. The number of aryl methyl sites for hydroxylation is 1. The number of methoxy groups -OCH3 is 1. The predicted molar refractivity (Wildman–Crippen MR) is 110 cm³/mol. The Bertz CT molecular complexity index is 955. The second-order valence-electron chi connectivity index (χ2n) is 6.04. The maximum atomic E-state index is 11.9. The van der Waals surface area contributed by atoms with Gasteiger partial charge in [-0.2, -0.15) is 5.10 Å². The van der Waals surface area contributed by atoms with Gasteiger partial charge < -0.3 is 9.47 Å². The molecule has 0 aliphatic heterocycles. The molecule has 0 atom stereocenters. The smallest absolute Gasteiger partial charge is 0.246 e. The molecule has 7 heteroatoms. The van der Waals surface area contributed by atoms with Gasteiger partial charge in [-0.05, 0) is 36.2 Å². The predicted octanol–water partition coefficient (Wildman–Crippen LogP) is 3.73. The molecule has 0 bridgehead atoms. The molecule has 28 heavy (non-hydrogen) atoms. The fraction of sp³-hybridized carbons (Fsp3) is 0.190. The van der Waals surface area contributed by atoms with Gasteiger partial charge in [-0.1, -0.05) is 30.3 Å². The summed E-state index contributed by atoms with van der Waals surface area (Å²) in [6, 6.07) is 15.4. The molecular formula is C21H21N3O3S. The van der Waals surface area contributed by atoms with Crippen molar-refractivity contribution in [2.24, 2.45) is 5.10 Å². The van der Waals surface area contributed by atoms with Crippen molar-refractivity contribution in [3.63, 3.8) is 0 Å². The van der Waals surface area contributed by atoms with Crippen molar-refractivity contribution in [3.8, 4) is 11.5 Å². The Labute approximate surface area is 167 Å². The minimum absolute atomic E-state index is 0.208. The number of nitrogens with one attached hydrogen (secondary N) is 1. The van der Waals surface area contributed by atoms with Crippen LogP contribution in [0.5, 0.6) is 11.5 Å². The first-order valence-electron chi connectivity index (χ1n) is 8.71. The Kier molecular flexibility index (Phi) is 6.75. The van der Waals surface area contributed by atoms with Crippen molar-refractivity contribution in [2.45, 2.75) is 20.0 Å². The molecule has 0 fully saturated rings. The number of carbonyl (C=O) groups is 1. The minimum atomic E-state index is -0.208. The van der Waals surface area contributed by atoms with Crippen LogP contribution in [0.2, 0.25) is 0 Å². The van der Waals surface area contributed by atoms with Crippen LogP contribution in [0, 0.1) is 6.92 Å². The van der Waals surface area contributed by atoms with Gasteiger partial charge in [0.1, 0.15) is 11.6 Å². The molecule has 0 aliphatic carbocycles. The van der Waals surface area contributed by atoms with E-state index in [0.717, 1.165) is 21.8 Å². The Hall–Kier alpha value is -3.19. The highest BCUT2D eigenvalue weighted by molar-refractivity contribution is 7.09. The van der Waals surface area contributed by atoms with Crippen molar-refractivity contribution in [1.29, 1.82) is 0 Å². The van der Waals surface area contributed by atoms with E-state index >= 15 is 0 Å². The van der Waals surface area contributed by atoms with Crippen molar-refractivity contribution in [1.82, 2.24) is 10.4 Å². The van der Waals surface area contributed by atoms with Gasteiger partial charge in [-0.25, -0.2) is 10.4 Å². The summed E-state index contributed by atoms with van der Waals surface area (Å²) in [5.41, 5.74) is 5.29. The molecule has 0 radical (unpaired) electrons. The molecule has 1 amide bonds. The second kappa shape index (κ2) is 9.66. The molecular weight excluding hydrogens is 374 g/mol. The van der Waals surface area contributed by atoms with Gasteiger partial charge in [0.2, 0.25) is 5.91 Å². The van der Waals surface area contributed by atoms with E-state index < -0.39 is 0 Å². The van der Waals surface area contributed by atoms with Crippen LogP contribution in [-0.2, 0) is 17.8 Å². The standard InChI is InChI=1S/C21H21N3O3S/c1-15-14-28-21(23-15)11-20(25)24-22-12-17-8-9-18(19(10-17)26-2)27-13-16-6-4-3-5-7-16/h3-10,12,14H,11,13H2,1-2H3,(H,24,25)/b22-12-. The highest BCUT2D eigenvalue weighted by Gasteiger charge is 2.07. The van der Waals surface area contributed by atoms with Crippen LogP contribution in [0.4, 0.5) is 0 Å². The molecule has 0 saturated heterocycles. The number of amides is 1. The first-order chi connectivity index (χ1) is 13.6. The topological polar surface area (TPSA) is 72.8 Å². The maximum Gasteiger partial charge on any atom is 0.246 e. The highest BCUT2D eigenvalue weighted by atomic mass is 32.1. The lowest BCUT2D eigenvalue weighted by Crippen LogP contribution is -2.19. The number of aromatic nitrogens is 1. The van der Waals surface area contributed by atoms with E-state index in [2.05, 4.69) is 15.5 Å². The minimum Gasteiger partial charge on any atom is -0.493 e. The SMILES string of the molecule is COc1cc(/C=N\NC(=O)Cc2nc(C)cs2)ccc1OCc1ccccc1. The molecule has 3 rings (SSSR count). The molecule has 0 spiro atoms. The molecule has 3 aromatic rings. The first kappa shape index (κ1) is 19.6. The van der Waals surface area contributed by atoms with E-state index in [1.807, 2.05) is 54.8 Å². The zero-order valence-electron chi connectivity index (χ0n) is 15.7. The highest BCUT2D eigenvalue weighted by Crippen LogP contribution is 2.28. The number of rotatable bonds is 8. The lowest BCUT2D eigenvalue weighted by molar-refractivity contribution is -0.120. The summed E-state index contributed by atoms with van der Waals surface area (Å²) in [7, 11) is 1.59. The molecule has 1 heterocycles. The molecule has 0 aliphatic rings. The third-order valence-electron chi connectivity index (χ3n) is 3.81. The molecule has 0 unspecified atom stereocenters. The molecule has 0 saturated carbocycles. The molecule has 1 aromatic heterocycles. The van der Waals surface area contributed by atoms with E-state index in [1.165, 1.54) is 11.3 Å². The summed E-state index contributed by atoms with van der Waals surface area (Å²) in [5.74, 6) is 1.04. The van der Waals surface area contributed by atoms with Crippen LogP contribution >= 0.6 is 11.3 Å². The van der Waals surface area contributed by atoms with Gasteiger partial charge in [0.05, 0.1) is 19.7 Å². The van der Waals surface area contributed by atoms with E-state index in [1.54, 1.807) is 19.4 Å². The van der Waals surface area contributed by atoms with E-state index in [4.69, 9.17) is 9.47 Å². The summed E-state index contributed by atoms with van der Waals surface area (Å²) in [6.07, 6.45) is 1.78. The van der Waals surface area contributed by atoms with Gasteiger partial charge in [-0.3, -0.25) is 4.79 Å². The summed E-state index contributed by atoms with van der Waals surface area (Å²) < 4.78 is 11.2. The third kappa shape index (κ3) is 5.65. The van der Waals surface area contributed by atoms with Crippen LogP contribution in [0.15, 0.2) is 59.0 Å². The average Bonchev–Trinajstić information content (AvgIpc) is 3.12. The number of thiazole rings is 1. The van der Waals surface area contributed by atoms with Gasteiger partial charge in [-0.15, -0.1) is 11.3 Å². The first-order valence-corrected chi connectivity index (χ1v) is 9.59. The van der Waals surface area contributed by atoms with Gasteiger partial charge in [0, 0.05) is 11.1 Å². The third-order valence-corrected chi connectivity index (χ3v) is 4.77. The Morgan fingerprint density at radius 1 is 1.21 bits per heavy atom. The van der Waals surface area contributed by atoms with Crippen LogP contribution < -0.4 is 14.9 Å². The molecule has 2 aromatic carbocycles. The molecule has 1 N–H and O–H groups in total. The van der Waals surface area contributed by atoms with Gasteiger partial charge >= 0.3 is 0 Å². The normalized spacial score (nSPS) is 10.8. The van der Waals surface area contributed by atoms with Crippen molar-refractivity contribution in [2.75, 3.05) is 7.11 Å². The van der Waals surface area contributed by atoms with E-state index in [0.29, 0.717) is 18.1 Å². The molecule has 144 valence electrons. The number of benzene rings is 2. The quantitative estimate of drug-likeness (QED) is 0.466. The number of ether oxygens (including phenoxy) is 2. The van der Waals surface area contributed by atoms with Crippen LogP contribution in [0.3, 0.4) is 0 Å². The van der Waals surface area contributed by atoms with E-state index in [-0.39, 0.29) is 12.3 Å². The van der Waals surface area contributed by atoms with E-state index in [9.17, 15) is 4.79 Å². The Balaban J connectivity index is 1.56. The fourth-order valence-electron chi connectivity index (χ4n) is 2.46. The number of hydrogen-bond acceptors (Lipinski definition) is 6. The zero-order valence-corrected chi connectivity index (χ0v) is 16.5. The van der Waals surface area contributed by atoms with Crippen LogP contribution in [-0.4, -0.2) is 24.2 Å². The lowest BCUT2D eigenvalue weighted by atomic mass is 10.2. The number of hydrogen-bond donors (Lipinski definition) is 1. The zero-order chi connectivity index (χ0) is 19.8. The lowest BCUT2D eigenvalue weighted by Gasteiger charge is -2.11. The van der Waals surface area contributed by atoms with Crippen molar-refractivity contribution < 1.29 is 14.3 Å². The van der Waals surface area contributed by atoms with Crippen molar-refractivity contribution in [3.05, 3.63) is 75.7 Å². The number of carbonyl (C=O) groups excluding carboxylic acids is 1. The number of hydrazone groups is 1. The van der Waals surface area contributed by atoms with Gasteiger partial charge in [0.25, 0.3) is 0 Å². The van der Waals surface area contributed by atoms with Crippen LogP contribution in [0.25, 0.3) is 0 Å². The second-order valence-corrected chi connectivity index (χ2v) is 6.98.